The lowest BCUT2D eigenvalue weighted by Gasteiger charge is -2.32. The Hall–Kier alpha value is -3.96. The van der Waals surface area contributed by atoms with Crippen LogP contribution in [-0.4, -0.2) is 49.2 Å². The Morgan fingerprint density at radius 2 is 1.73 bits per heavy atom. The number of carbonyl (C=O) groups excluding carboxylic acids is 2. The van der Waals surface area contributed by atoms with Crippen molar-refractivity contribution in [2.24, 2.45) is 0 Å². The molecule has 2 amide bonds. The molecule has 0 aliphatic heterocycles. The van der Waals surface area contributed by atoms with Crippen LogP contribution in [0.5, 0.6) is 0 Å². The van der Waals surface area contributed by atoms with Crippen molar-refractivity contribution in [3.05, 3.63) is 99.6 Å². The lowest BCUT2D eigenvalue weighted by molar-refractivity contribution is -0.384. The van der Waals surface area contributed by atoms with Gasteiger partial charge in [-0.1, -0.05) is 61.3 Å². The fraction of sp³-hybridized carbons (Fsp3) is 0.286. The van der Waals surface area contributed by atoms with Gasteiger partial charge in [0.05, 0.1) is 15.5 Å². The van der Waals surface area contributed by atoms with Crippen LogP contribution in [-0.2, 0) is 26.2 Å². The molecule has 0 spiro atoms. The number of carbonyl (C=O) groups is 2. The molecule has 0 radical (unpaired) electrons. The zero-order chi connectivity index (χ0) is 29.3. The van der Waals surface area contributed by atoms with E-state index in [-0.39, 0.29) is 22.8 Å². The van der Waals surface area contributed by atoms with Crippen LogP contribution < -0.4 is 9.62 Å². The Morgan fingerprint density at radius 1 is 1.02 bits per heavy atom. The van der Waals surface area contributed by atoms with E-state index in [0.717, 1.165) is 23.2 Å². The van der Waals surface area contributed by atoms with Crippen LogP contribution in [0.25, 0.3) is 0 Å². The fourth-order valence-electron chi connectivity index (χ4n) is 3.96. The molecule has 1 atom stereocenters. The first-order valence-electron chi connectivity index (χ1n) is 12.7. The second-order valence-electron chi connectivity index (χ2n) is 9.07. The first-order chi connectivity index (χ1) is 19.0. The van der Waals surface area contributed by atoms with E-state index in [0.29, 0.717) is 17.1 Å². The molecule has 0 heterocycles. The minimum atomic E-state index is -4.33. The van der Waals surface area contributed by atoms with Crippen LogP contribution in [0.2, 0.25) is 5.02 Å². The molecule has 0 bridgehead atoms. The maximum atomic E-state index is 13.9. The molecule has 3 aromatic rings. The first-order valence-corrected chi connectivity index (χ1v) is 14.5. The highest BCUT2D eigenvalue weighted by Crippen LogP contribution is 2.27. The summed E-state index contributed by atoms with van der Waals surface area (Å²) < 4.78 is 28.3. The van der Waals surface area contributed by atoms with E-state index in [1.54, 1.807) is 37.3 Å². The molecule has 0 aliphatic carbocycles. The highest BCUT2D eigenvalue weighted by molar-refractivity contribution is 7.92. The number of sulfonamides is 1. The third kappa shape index (κ3) is 7.80. The number of benzene rings is 3. The molecule has 1 N–H and O–H groups in total. The lowest BCUT2D eigenvalue weighted by Crippen LogP contribution is -2.51. The van der Waals surface area contributed by atoms with Gasteiger partial charge in [-0.25, -0.2) is 8.42 Å². The summed E-state index contributed by atoms with van der Waals surface area (Å²) in [5, 5.41) is 14.7. The highest BCUT2D eigenvalue weighted by Gasteiger charge is 2.33. The van der Waals surface area contributed by atoms with Crippen LogP contribution in [0, 0.1) is 10.1 Å². The van der Waals surface area contributed by atoms with Gasteiger partial charge in [0.1, 0.15) is 12.6 Å². The summed E-state index contributed by atoms with van der Waals surface area (Å²) >= 11 is 6.14. The summed E-state index contributed by atoms with van der Waals surface area (Å²) in [5.74, 6) is -1.07. The summed E-state index contributed by atoms with van der Waals surface area (Å²) in [7, 11) is -4.33. The molecule has 0 aromatic heterocycles. The minimum absolute atomic E-state index is 0.0179. The summed E-state index contributed by atoms with van der Waals surface area (Å²) in [6, 6.07) is 18.3. The number of halogens is 1. The maximum Gasteiger partial charge on any atom is 0.271 e. The average molecular weight is 587 g/mol. The zero-order valence-corrected chi connectivity index (χ0v) is 23.8. The Labute approximate surface area is 238 Å². The van der Waals surface area contributed by atoms with Crippen molar-refractivity contribution in [2.45, 2.75) is 44.2 Å². The van der Waals surface area contributed by atoms with Gasteiger partial charge in [0.2, 0.25) is 11.8 Å². The van der Waals surface area contributed by atoms with Crippen molar-refractivity contribution in [1.29, 1.82) is 0 Å². The molecule has 0 fully saturated rings. The van der Waals surface area contributed by atoms with Gasteiger partial charge in [0, 0.05) is 30.2 Å². The second-order valence-corrected chi connectivity index (χ2v) is 11.4. The smallest absolute Gasteiger partial charge is 0.271 e. The van der Waals surface area contributed by atoms with Crippen molar-refractivity contribution >= 4 is 44.8 Å². The van der Waals surface area contributed by atoms with Crippen molar-refractivity contribution < 1.29 is 22.9 Å². The molecule has 3 aromatic carbocycles. The van der Waals surface area contributed by atoms with E-state index in [1.165, 1.54) is 47.4 Å². The predicted molar refractivity (Wildman–Crippen MR) is 153 cm³/mol. The van der Waals surface area contributed by atoms with Crippen molar-refractivity contribution in [2.75, 3.05) is 17.4 Å². The molecule has 40 heavy (non-hydrogen) atoms. The van der Waals surface area contributed by atoms with Gasteiger partial charge in [-0.05, 0) is 49.2 Å². The normalized spacial score (nSPS) is 11.9. The summed E-state index contributed by atoms with van der Waals surface area (Å²) in [4.78, 5) is 38.8. The van der Waals surface area contributed by atoms with Crippen LogP contribution in [0.4, 0.5) is 11.4 Å². The number of nitrogens with zero attached hydrogens (tertiary/aromatic N) is 3. The Morgan fingerprint density at radius 3 is 2.38 bits per heavy atom. The molecule has 1 unspecified atom stereocenters. The van der Waals surface area contributed by atoms with E-state index >= 15 is 0 Å². The molecule has 0 saturated heterocycles. The van der Waals surface area contributed by atoms with E-state index in [4.69, 9.17) is 11.6 Å². The van der Waals surface area contributed by atoms with Crippen molar-refractivity contribution in [1.82, 2.24) is 10.2 Å². The molecule has 12 heteroatoms. The average Bonchev–Trinajstić information content (AvgIpc) is 2.94. The first kappa shape index (κ1) is 30.6. The minimum Gasteiger partial charge on any atom is -0.354 e. The molecular formula is C28H31ClN4O6S. The van der Waals surface area contributed by atoms with Crippen LogP contribution in [0.15, 0.2) is 83.8 Å². The van der Waals surface area contributed by atoms with Gasteiger partial charge < -0.3 is 10.2 Å². The van der Waals surface area contributed by atoms with Crippen LogP contribution in [0.3, 0.4) is 0 Å². The molecule has 212 valence electrons. The zero-order valence-electron chi connectivity index (χ0n) is 22.2. The topological polar surface area (TPSA) is 130 Å². The number of non-ortho nitro benzene ring substituents is 1. The monoisotopic (exact) mass is 586 g/mol. The van der Waals surface area contributed by atoms with Gasteiger partial charge in [0.15, 0.2) is 0 Å². The van der Waals surface area contributed by atoms with Gasteiger partial charge in [-0.2, -0.15) is 0 Å². The fourth-order valence-corrected chi connectivity index (χ4v) is 5.60. The number of unbranched alkanes of at least 4 members (excludes halogenated alkanes) is 1. The predicted octanol–water partition coefficient (Wildman–Crippen LogP) is 4.78. The van der Waals surface area contributed by atoms with Gasteiger partial charge in [-0.15, -0.1) is 0 Å². The maximum absolute atomic E-state index is 13.9. The SMILES string of the molecule is CCCCNC(=O)C(C)N(Cc1cccc(Cl)c1)C(=O)CN(c1cccc([N+](=O)[O-])c1)S(=O)(=O)c1ccccc1. The second kappa shape index (κ2) is 13.9. The number of nitrogens with one attached hydrogen (secondary N) is 1. The van der Waals surface area contributed by atoms with Gasteiger partial charge in [-0.3, -0.25) is 24.0 Å². The Bertz CT molecular complexity index is 1450. The molecule has 10 nitrogen and oxygen atoms in total. The van der Waals surface area contributed by atoms with Crippen molar-refractivity contribution in [3.8, 4) is 0 Å². The Kier molecular flexibility index (Phi) is 10.6. The number of nitro benzene ring substituents is 1. The number of rotatable bonds is 13. The largest absolute Gasteiger partial charge is 0.354 e. The van der Waals surface area contributed by atoms with E-state index < -0.39 is 39.3 Å². The van der Waals surface area contributed by atoms with Gasteiger partial charge >= 0.3 is 0 Å². The van der Waals surface area contributed by atoms with Gasteiger partial charge in [0.25, 0.3) is 15.7 Å². The van der Waals surface area contributed by atoms with E-state index in [2.05, 4.69) is 5.32 Å². The van der Waals surface area contributed by atoms with E-state index in [1.807, 2.05) is 6.92 Å². The number of hydrogen-bond donors (Lipinski definition) is 1. The van der Waals surface area contributed by atoms with E-state index in [9.17, 15) is 28.1 Å². The molecular weight excluding hydrogens is 556 g/mol. The summed E-state index contributed by atoms with van der Waals surface area (Å²) in [6.45, 7) is 3.26. The number of hydrogen-bond acceptors (Lipinski definition) is 6. The quantitative estimate of drug-likeness (QED) is 0.174. The summed E-state index contributed by atoms with van der Waals surface area (Å²) in [5.41, 5.74) is 0.244. The molecule has 0 saturated carbocycles. The number of anilines is 1. The third-order valence-corrected chi connectivity index (χ3v) is 8.20. The lowest BCUT2D eigenvalue weighted by atomic mass is 10.1. The highest BCUT2D eigenvalue weighted by atomic mass is 35.5. The number of amides is 2. The molecule has 0 aliphatic rings. The molecule has 3 rings (SSSR count). The standard InChI is InChI=1S/C28H31ClN4O6S/c1-3-4-16-30-28(35)21(2)31(19-22-10-8-11-23(29)17-22)27(34)20-32(24-12-9-13-25(18-24)33(36)37)40(38,39)26-14-6-5-7-15-26/h5-15,17-18,21H,3-4,16,19-20H2,1-2H3,(H,30,35). The third-order valence-electron chi connectivity index (χ3n) is 6.18. The van der Waals surface area contributed by atoms with Crippen LogP contribution >= 0.6 is 11.6 Å². The van der Waals surface area contributed by atoms with Crippen LogP contribution in [0.1, 0.15) is 32.3 Å². The summed E-state index contributed by atoms with van der Waals surface area (Å²) in [6.07, 6.45) is 1.63. The van der Waals surface area contributed by atoms with Crippen molar-refractivity contribution in [3.63, 3.8) is 0 Å². The number of nitro groups is 1. The Balaban J connectivity index is 2.03.